The molecule has 3 rings (SSSR count). The maximum absolute atomic E-state index is 6.49. The number of hydrogen-bond acceptors (Lipinski definition) is 2. The zero-order chi connectivity index (χ0) is 16.1. The van der Waals surface area contributed by atoms with Crippen LogP contribution in [0.15, 0.2) is 42.5 Å². The maximum Gasteiger partial charge on any atom is 0.0733 e. The maximum atomic E-state index is 6.49. The molecule has 0 aliphatic heterocycles. The summed E-state index contributed by atoms with van der Waals surface area (Å²) in [5.74, 6) is 0. The number of unbranched alkanes of at least 4 members (excludes halogenated alkanes) is 5. The Balaban J connectivity index is 1.84. The smallest absolute Gasteiger partial charge is 0.0733 e. The van der Waals surface area contributed by atoms with Gasteiger partial charge in [-0.3, -0.25) is 0 Å². The number of benzene rings is 2. The molecular formula is C21H26N2. The number of aromatic nitrogens is 1. The lowest BCUT2D eigenvalue weighted by Crippen LogP contribution is -1.97. The van der Waals surface area contributed by atoms with Crippen LogP contribution >= 0.6 is 0 Å². The first kappa shape index (κ1) is 15.8. The van der Waals surface area contributed by atoms with Crippen LogP contribution in [0.3, 0.4) is 0 Å². The van der Waals surface area contributed by atoms with E-state index in [1.807, 2.05) is 18.2 Å². The fourth-order valence-electron chi connectivity index (χ4n) is 3.36. The second kappa shape index (κ2) is 7.45. The molecule has 23 heavy (non-hydrogen) atoms. The SMILES string of the molecule is CCCCCCCCc1cccc2nc3ccccc3c(N)c12. The quantitative estimate of drug-likeness (QED) is 0.437. The molecule has 0 fully saturated rings. The van der Waals surface area contributed by atoms with E-state index in [4.69, 9.17) is 10.7 Å². The van der Waals surface area contributed by atoms with Crippen LogP contribution in [0, 0.1) is 0 Å². The number of pyridine rings is 1. The molecular weight excluding hydrogens is 280 g/mol. The van der Waals surface area contributed by atoms with Gasteiger partial charge in [0.1, 0.15) is 0 Å². The van der Waals surface area contributed by atoms with Gasteiger partial charge in [-0.2, -0.15) is 0 Å². The second-order valence-electron chi connectivity index (χ2n) is 6.37. The van der Waals surface area contributed by atoms with E-state index in [1.54, 1.807) is 0 Å². The highest BCUT2D eigenvalue weighted by Gasteiger charge is 2.09. The highest BCUT2D eigenvalue weighted by atomic mass is 14.7. The van der Waals surface area contributed by atoms with Crippen molar-refractivity contribution >= 4 is 27.5 Å². The lowest BCUT2D eigenvalue weighted by atomic mass is 9.98. The number of nitrogen functional groups attached to an aromatic ring is 1. The number of fused-ring (bicyclic) bond motifs is 2. The predicted molar refractivity (Wildman–Crippen MR) is 101 cm³/mol. The van der Waals surface area contributed by atoms with E-state index in [1.165, 1.54) is 44.1 Å². The molecule has 3 aromatic rings. The Labute approximate surface area is 138 Å². The fourth-order valence-corrected chi connectivity index (χ4v) is 3.36. The molecule has 0 saturated carbocycles. The van der Waals surface area contributed by atoms with Gasteiger partial charge in [0.05, 0.1) is 16.7 Å². The topological polar surface area (TPSA) is 38.9 Å². The Morgan fingerprint density at radius 3 is 2.43 bits per heavy atom. The van der Waals surface area contributed by atoms with Crippen molar-refractivity contribution in [2.45, 2.75) is 51.9 Å². The van der Waals surface area contributed by atoms with E-state index < -0.39 is 0 Å². The largest absolute Gasteiger partial charge is 0.398 e. The van der Waals surface area contributed by atoms with Crippen molar-refractivity contribution in [2.75, 3.05) is 5.73 Å². The normalized spacial score (nSPS) is 11.3. The molecule has 0 unspecified atom stereocenters. The van der Waals surface area contributed by atoms with Crippen LogP contribution in [0.25, 0.3) is 21.8 Å². The molecule has 0 aliphatic carbocycles. The molecule has 0 aliphatic rings. The van der Waals surface area contributed by atoms with Gasteiger partial charge in [0.2, 0.25) is 0 Å². The summed E-state index contributed by atoms with van der Waals surface area (Å²) in [6, 6.07) is 14.5. The van der Waals surface area contributed by atoms with Crippen LogP contribution in [-0.2, 0) is 6.42 Å². The lowest BCUT2D eigenvalue weighted by Gasteiger charge is -2.11. The molecule has 2 aromatic carbocycles. The van der Waals surface area contributed by atoms with Gasteiger partial charge in [-0.1, -0.05) is 69.4 Å². The minimum absolute atomic E-state index is 0.882. The molecule has 0 atom stereocenters. The van der Waals surface area contributed by atoms with Gasteiger partial charge < -0.3 is 5.73 Å². The average molecular weight is 306 g/mol. The fraction of sp³-hybridized carbons (Fsp3) is 0.381. The van der Waals surface area contributed by atoms with E-state index in [0.717, 1.165) is 33.9 Å². The third-order valence-corrected chi connectivity index (χ3v) is 4.63. The molecule has 0 bridgehead atoms. The van der Waals surface area contributed by atoms with E-state index in [-0.39, 0.29) is 0 Å². The summed E-state index contributed by atoms with van der Waals surface area (Å²) in [5, 5.41) is 2.22. The molecule has 0 saturated heterocycles. The lowest BCUT2D eigenvalue weighted by molar-refractivity contribution is 0.608. The van der Waals surface area contributed by atoms with E-state index in [0.29, 0.717) is 0 Å². The Kier molecular flexibility index (Phi) is 5.12. The summed E-state index contributed by atoms with van der Waals surface area (Å²) in [6.07, 6.45) is 8.99. The zero-order valence-electron chi connectivity index (χ0n) is 14.0. The number of nitrogens with two attached hydrogens (primary N) is 1. The van der Waals surface area contributed by atoms with Gasteiger partial charge in [-0.15, -0.1) is 0 Å². The average Bonchev–Trinajstić information content (AvgIpc) is 2.58. The summed E-state index contributed by atoms with van der Waals surface area (Å²) >= 11 is 0. The van der Waals surface area contributed by atoms with Gasteiger partial charge in [-0.25, -0.2) is 4.98 Å². The molecule has 2 heteroatoms. The Morgan fingerprint density at radius 2 is 1.57 bits per heavy atom. The third kappa shape index (κ3) is 3.47. The molecule has 2 nitrogen and oxygen atoms in total. The van der Waals surface area contributed by atoms with Crippen molar-refractivity contribution in [1.29, 1.82) is 0 Å². The first-order valence-electron chi connectivity index (χ1n) is 8.87. The van der Waals surface area contributed by atoms with Crippen molar-refractivity contribution in [2.24, 2.45) is 0 Å². The number of anilines is 1. The standard InChI is InChI=1S/C21H26N2/c1-2-3-4-5-6-7-11-16-12-10-15-19-20(16)21(22)17-13-8-9-14-18(17)23-19/h8-10,12-15H,2-7,11H2,1H3,(H2,22,23). The summed E-state index contributed by atoms with van der Waals surface area (Å²) in [5.41, 5.74) is 10.7. The molecule has 1 heterocycles. The van der Waals surface area contributed by atoms with Crippen LogP contribution in [0.4, 0.5) is 5.69 Å². The molecule has 0 radical (unpaired) electrons. The molecule has 0 amide bonds. The van der Waals surface area contributed by atoms with Crippen molar-refractivity contribution in [3.63, 3.8) is 0 Å². The van der Waals surface area contributed by atoms with Crippen molar-refractivity contribution < 1.29 is 0 Å². The van der Waals surface area contributed by atoms with Gasteiger partial charge in [0, 0.05) is 10.8 Å². The number of nitrogens with zero attached hydrogens (tertiary/aromatic N) is 1. The van der Waals surface area contributed by atoms with E-state index in [2.05, 4.69) is 31.2 Å². The molecule has 2 N–H and O–H groups in total. The zero-order valence-corrected chi connectivity index (χ0v) is 14.0. The number of aryl methyl sites for hydroxylation is 1. The molecule has 120 valence electrons. The third-order valence-electron chi connectivity index (χ3n) is 4.63. The van der Waals surface area contributed by atoms with Crippen LogP contribution in [0.1, 0.15) is 51.0 Å². The summed E-state index contributed by atoms with van der Waals surface area (Å²) in [4.78, 5) is 4.79. The first-order valence-corrected chi connectivity index (χ1v) is 8.87. The highest BCUT2D eigenvalue weighted by Crippen LogP contribution is 2.31. The Morgan fingerprint density at radius 1 is 0.826 bits per heavy atom. The molecule has 0 spiro atoms. The Bertz CT molecular complexity index is 792. The van der Waals surface area contributed by atoms with Gasteiger partial charge in [0.25, 0.3) is 0 Å². The van der Waals surface area contributed by atoms with Crippen LogP contribution < -0.4 is 5.73 Å². The minimum atomic E-state index is 0.882. The van der Waals surface area contributed by atoms with Crippen LogP contribution in [-0.4, -0.2) is 4.98 Å². The minimum Gasteiger partial charge on any atom is -0.398 e. The highest BCUT2D eigenvalue weighted by molar-refractivity contribution is 6.07. The second-order valence-corrected chi connectivity index (χ2v) is 6.37. The number of rotatable bonds is 7. The van der Waals surface area contributed by atoms with Crippen molar-refractivity contribution in [1.82, 2.24) is 4.98 Å². The van der Waals surface area contributed by atoms with Crippen molar-refractivity contribution in [3.05, 3.63) is 48.0 Å². The summed E-state index contributed by atoms with van der Waals surface area (Å²) in [6.45, 7) is 2.26. The number of para-hydroxylation sites is 1. The molecule has 1 aromatic heterocycles. The van der Waals surface area contributed by atoms with E-state index in [9.17, 15) is 0 Å². The summed E-state index contributed by atoms with van der Waals surface area (Å²) in [7, 11) is 0. The van der Waals surface area contributed by atoms with Gasteiger partial charge >= 0.3 is 0 Å². The first-order chi connectivity index (χ1) is 11.3. The van der Waals surface area contributed by atoms with Gasteiger partial charge in [-0.05, 0) is 30.5 Å². The van der Waals surface area contributed by atoms with Crippen LogP contribution in [0.5, 0.6) is 0 Å². The van der Waals surface area contributed by atoms with Crippen molar-refractivity contribution in [3.8, 4) is 0 Å². The number of hydrogen-bond donors (Lipinski definition) is 1. The predicted octanol–water partition coefficient (Wildman–Crippen LogP) is 5.87. The monoisotopic (exact) mass is 306 g/mol. The van der Waals surface area contributed by atoms with Crippen LogP contribution in [0.2, 0.25) is 0 Å². The van der Waals surface area contributed by atoms with E-state index >= 15 is 0 Å². The van der Waals surface area contributed by atoms with Gasteiger partial charge in [0.15, 0.2) is 0 Å². The Hall–Kier alpha value is -2.09. The summed E-state index contributed by atoms with van der Waals surface area (Å²) < 4.78 is 0.